The highest BCUT2D eigenvalue weighted by molar-refractivity contribution is 4.93. The molecule has 2 fully saturated rings. The van der Waals surface area contributed by atoms with Crippen LogP contribution in [-0.2, 0) is 0 Å². The molecule has 2 heteroatoms. The molecule has 2 rings (SSSR count). The maximum Gasteiger partial charge on any atom is 0.0139 e. The van der Waals surface area contributed by atoms with Gasteiger partial charge in [0.05, 0.1) is 0 Å². The van der Waals surface area contributed by atoms with E-state index in [-0.39, 0.29) is 0 Å². The lowest BCUT2D eigenvalue weighted by molar-refractivity contribution is 0.0324. The molecule has 0 aromatic rings. The Bertz CT molecular complexity index is 221. The fourth-order valence-electron chi connectivity index (χ4n) is 3.61. The molecule has 2 unspecified atom stereocenters. The average molecular weight is 238 g/mol. The van der Waals surface area contributed by atoms with Gasteiger partial charge in [-0.25, -0.2) is 0 Å². The van der Waals surface area contributed by atoms with Crippen LogP contribution in [0.4, 0.5) is 0 Å². The molecular weight excluding hydrogens is 208 g/mol. The molecule has 0 saturated heterocycles. The van der Waals surface area contributed by atoms with Crippen LogP contribution in [0.3, 0.4) is 0 Å². The van der Waals surface area contributed by atoms with Gasteiger partial charge in [-0.1, -0.05) is 33.6 Å². The van der Waals surface area contributed by atoms with Crippen molar-refractivity contribution < 1.29 is 0 Å². The van der Waals surface area contributed by atoms with Crippen LogP contribution < -0.4 is 5.32 Å². The van der Waals surface area contributed by atoms with E-state index in [2.05, 4.69) is 31.0 Å². The third kappa shape index (κ3) is 3.23. The summed E-state index contributed by atoms with van der Waals surface area (Å²) in [6.45, 7) is 9.34. The van der Waals surface area contributed by atoms with Crippen molar-refractivity contribution in [3.63, 3.8) is 0 Å². The van der Waals surface area contributed by atoms with Crippen LogP contribution >= 0.6 is 0 Å². The largest absolute Gasteiger partial charge is 0.314 e. The van der Waals surface area contributed by atoms with Gasteiger partial charge in [-0.05, 0) is 44.7 Å². The van der Waals surface area contributed by atoms with E-state index in [1.54, 1.807) is 0 Å². The Kier molecular flexibility index (Phi) is 4.87. The van der Waals surface area contributed by atoms with Crippen molar-refractivity contribution in [1.82, 2.24) is 10.2 Å². The highest BCUT2D eigenvalue weighted by Crippen LogP contribution is 2.36. The summed E-state index contributed by atoms with van der Waals surface area (Å²) >= 11 is 0. The van der Waals surface area contributed by atoms with Crippen LogP contribution in [0.5, 0.6) is 0 Å². The molecule has 0 radical (unpaired) electrons. The van der Waals surface area contributed by atoms with Gasteiger partial charge in [0, 0.05) is 18.1 Å². The van der Waals surface area contributed by atoms with Crippen molar-refractivity contribution in [2.24, 2.45) is 5.92 Å². The summed E-state index contributed by atoms with van der Waals surface area (Å²) in [6, 6.07) is 2.43. The fourth-order valence-corrected chi connectivity index (χ4v) is 3.61. The summed E-state index contributed by atoms with van der Waals surface area (Å²) in [5, 5.41) is 3.62. The van der Waals surface area contributed by atoms with Crippen LogP contribution in [0, 0.1) is 5.92 Å². The average Bonchev–Trinajstić information content (AvgIpc) is 2.76. The van der Waals surface area contributed by atoms with Gasteiger partial charge >= 0.3 is 0 Å². The smallest absolute Gasteiger partial charge is 0.0139 e. The van der Waals surface area contributed by atoms with Crippen LogP contribution in [0.25, 0.3) is 0 Å². The monoisotopic (exact) mass is 238 g/mol. The molecule has 2 aliphatic carbocycles. The first-order valence-electron chi connectivity index (χ1n) is 7.71. The normalized spacial score (nSPS) is 30.2. The van der Waals surface area contributed by atoms with E-state index in [1.807, 2.05) is 0 Å². The first kappa shape index (κ1) is 13.4. The standard InChI is InChI=1S/C15H30N2/c1-4-17(14-7-5-6-8-14)15-10-9-13(15)11-16-12(2)3/h12-16H,4-11H2,1-3H3. The van der Waals surface area contributed by atoms with E-state index >= 15 is 0 Å². The molecule has 0 amide bonds. The van der Waals surface area contributed by atoms with E-state index in [1.165, 1.54) is 51.6 Å². The van der Waals surface area contributed by atoms with E-state index in [9.17, 15) is 0 Å². The maximum absolute atomic E-state index is 3.62. The van der Waals surface area contributed by atoms with Gasteiger partial charge in [0.1, 0.15) is 0 Å². The zero-order valence-corrected chi connectivity index (χ0v) is 11.9. The second-order valence-electron chi connectivity index (χ2n) is 6.24. The number of hydrogen-bond acceptors (Lipinski definition) is 2. The maximum atomic E-state index is 3.62. The number of nitrogens with zero attached hydrogens (tertiary/aromatic N) is 1. The van der Waals surface area contributed by atoms with Crippen molar-refractivity contribution in [3.05, 3.63) is 0 Å². The van der Waals surface area contributed by atoms with Gasteiger partial charge in [0.25, 0.3) is 0 Å². The highest BCUT2D eigenvalue weighted by Gasteiger charge is 2.38. The van der Waals surface area contributed by atoms with Crippen LogP contribution in [0.1, 0.15) is 59.3 Å². The Hall–Kier alpha value is -0.0800. The van der Waals surface area contributed by atoms with Crippen molar-refractivity contribution in [2.45, 2.75) is 77.4 Å². The van der Waals surface area contributed by atoms with Gasteiger partial charge in [-0.2, -0.15) is 0 Å². The molecular formula is C15H30N2. The molecule has 1 N–H and O–H groups in total. The van der Waals surface area contributed by atoms with Gasteiger partial charge in [-0.3, -0.25) is 4.90 Å². The summed E-state index contributed by atoms with van der Waals surface area (Å²) in [7, 11) is 0. The number of hydrogen-bond donors (Lipinski definition) is 1. The van der Waals surface area contributed by atoms with Crippen LogP contribution in [-0.4, -0.2) is 36.1 Å². The molecule has 0 aromatic carbocycles. The predicted octanol–water partition coefficient (Wildman–Crippen LogP) is 3.03. The first-order valence-corrected chi connectivity index (χ1v) is 7.71. The Morgan fingerprint density at radius 3 is 2.29 bits per heavy atom. The predicted molar refractivity (Wildman–Crippen MR) is 74.3 cm³/mol. The second kappa shape index (κ2) is 6.19. The van der Waals surface area contributed by atoms with Crippen LogP contribution in [0.15, 0.2) is 0 Å². The molecule has 100 valence electrons. The molecule has 0 spiro atoms. The molecule has 2 atom stereocenters. The Morgan fingerprint density at radius 1 is 1.12 bits per heavy atom. The molecule has 0 aliphatic heterocycles. The van der Waals surface area contributed by atoms with Crippen molar-refractivity contribution >= 4 is 0 Å². The van der Waals surface area contributed by atoms with Crippen LogP contribution in [0.2, 0.25) is 0 Å². The third-order valence-electron chi connectivity index (χ3n) is 4.75. The van der Waals surface area contributed by atoms with Crippen molar-refractivity contribution in [2.75, 3.05) is 13.1 Å². The SMILES string of the molecule is CCN(C1CCCC1)C1CCC1CNC(C)C. The van der Waals surface area contributed by atoms with Crippen molar-refractivity contribution in [3.8, 4) is 0 Å². The molecule has 2 nitrogen and oxygen atoms in total. The Balaban J connectivity index is 1.82. The number of nitrogens with one attached hydrogen (secondary N) is 1. The lowest BCUT2D eigenvalue weighted by atomic mass is 9.77. The highest BCUT2D eigenvalue weighted by atomic mass is 15.2. The summed E-state index contributed by atoms with van der Waals surface area (Å²) in [5.74, 6) is 0.915. The third-order valence-corrected chi connectivity index (χ3v) is 4.75. The number of rotatable bonds is 6. The summed E-state index contributed by atoms with van der Waals surface area (Å²) in [4.78, 5) is 2.82. The van der Waals surface area contributed by atoms with Gasteiger partial charge < -0.3 is 5.32 Å². The van der Waals surface area contributed by atoms with Crippen molar-refractivity contribution in [1.29, 1.82) is 0 Å². The lowest BCUT2D eigenvalue weighted by Crippen LogP contribution is -2.54. The van der Waals surface area contributed by atoms with E-state index in [4.69, 9.17) is 0 Å². The zero-order valence-electron chi connectivity index (χ0n) is 11.9. The molecule has 2 aliphatic rings. The molecule has 2 saturated carbocycles. The first-order chi connectivity index (χ1) is 8.22. The topological polar surface area (TPSA) is 15.3 Å². The minimum Gasteiger partial charge on any atom is -0.314 e. The molecule has 17 heavy (non-hydrogen) atoms. The molecule has 0 heterocycles. The lowest BCUT2D eigenvalue weighted by Gasteiger charge is -2.47. The molecule has 0 bridgehead atoms. The van der Waals surface area contributed by atoms with E-state index in [0.29, 0.717) is 6.04 Å². The van der Waals surface area contributed by atoms with Gasteiger partial charge in [0.2, 0.25) is 0 Å². The zero-order chi connectivity index (χ0) is 12.3. The Morgan fingerprint density at radius 2 is 1.82 bits per heavy atom. The summed E-state index contributed by atoms with van der Waals surface area (Å²) in [5.41, 5.74) is 0. The quantitative estimate of drug-likeness (QED) is 0.765. The fraction of sp³-hybridized carbons (Fsp3) is 1.00. The Labute approximate surface area is 107 Å². The summed E-state index contributed by atoms with van der Waals surface area (Å²) < 4.78 is 0. The van der Waals surface area contributed by atoms with E-state index < -0.39 is 0 Å². The second-order valence-corrected chi connectivity index (χ2v) is 6.24. The summed E-state index contributed by atoms with van der Waals surface area (Å²) in [6.07, 6.45) is 8.71. The van der Waals surface area contributed by atoms with Gasteiger partial charge in [0.15, 0.2) is 0 Å². The minimum atomic E-state index is 0.637. The molecule has 0 aromatic heterocycles. The minimum absolute atomic E-state index is 0.637. The van der Waals surface area contributed by atoms with Gasteiger partial charge in [-0.15, -0.1) is 0 Å². The van der Waals surface area contributed by atoms with E-state index in [0.717, 1.165) is 18.0 Å².